The number of likely N-dealkylation sites (tertiary alicyclic amines) is 1. The zero-order valence-electron chi connectivity index (χ0n) is 15.0. The van der Waals surface area contributed by atoms with Gasteiger partial charge < -0.3 is 15.0 Å². The lowest BCUT2D eigenvalue weighted by molar-refractivity contribution is 0.0612. The fraction of sp³-hybridized carbons (Fsp3) is 0.778. The number of ether oxygens (including phenoxy) is 1. The van der Waals surface area contributed by atoms with Gasteiger partial charge in [-0.2, -0.15) is 5.10 Å². The van der Waals surface area contributed by atoms with Gasteiger partial charge in [-0.15, -0.1) is 0 Å². The van der Waals surface area contributed by atoms with Gasteiger partial charge in [0.2, 0.25) is 0 Å². The Bertz CT molecular complexity index is 543. The van der Waals surface area contributed by atoms with Crippen molar-refractivity contribution < 1.29 is 9.53 Å². The summed E-state index contributed by atoms with van der Waals surface area (Å²) in [6, 6.07) is 2.19. The molecular formula is C18H30N4O2. The molecule has 2 saturated heterocycles. The Morgan fingerprint density at radius 1 is 1.38 bits per heavy atom. The van der Waals surface area contributed by atoms with Gasteiger partial charge in [0.15, 0.2) is 0 Å². The monoisotopic (exact) mass is 334 g/mol. The summed E-state index contributed by atoms with van der Waals surface area (Å²) in [6.07, 6.45) is 6.79. The Kier molecular flexibility index (Phi) is 5.89. The zero-order valence-corrected chi connectivity index (χ0v) is 15.0. The van der Waals surface area contributed by atoms with Crippen LogP contribution < -0.4 is 5.32 Å². The molecule has 1 amide bonds. The summed E-state index contributed by atoms with van der Waals surface area (Å²) < 4.78 is 7.42. The molecule has 2 fully saturated rings. The average Bonchev–Trinajstić information content (AvgIpc) is 3.19. The largest absolute Gasteiger partial charge is 0.377 e. The molecule has 0 saturated carbocycles. The first-order valence-electron chi connectivity index (χ1n) is 9.33. The zero-order chi connectivity index (χ0) is 16.9. The molecule has 3 heterocycles. The van der Waals surface area contributed by atoms with Gasteiger partial charge in [0.25, 0.3) is 5.91 Å². The first-order valence-corrected chi connectivity index (χ1v) is 9.33. The highest BCUT2D eigenvalue weighted by Crippen LogP contribution is 2.17. The van der Waals surface area contributed by atoms with E-state index in [0.29, 0.717) is 11.8 Å². The molecule has 3 rings (SSSR count). The Hall–Kier alpha value is -1.40. The highest BCUT2D eigenvalue weighted by atomic mass is 16.5. The molecule has 0 unspecified atom stereocenters. The second kappa shape index (κ2) is 8.12. The molecule has 24 heavy (non-hydrogen) atoms. The summed E-state index contributed by atoms with van der Waals surface area (Å²) in [5, 5.41) is 7.61. The van der Waals surface area contributed by atoms with Crippen LogP contribution in [0.1, 0.15) is 55.2 Å². The number of aryl methyl sites for hydroxylation is 2. The van der Waals surface area contributed by atoms with E-state index >= 15 is 0 Å². The molecule has 0 aromatic carbocycles. The number of rotatable bonds is 6. The van der Waals surface area contributed by atoms with Gasteiger partial charge in [0.05, 0.1) is 11.8 Å². The van der Waals surface area contributed by atoms with Gasteiger partial charge >= 0.3 is 0 Å². The Balaban J connectivity index is 1.46. The van der Waals surface area contributed by atoms with E-state index in [9.17, 15) is 4.79 Å². The van der Waals surface area contributed by atoms with E-state index in [1.807, 2.05) is 13.1 Å². The minimum atomic E-state index is 0.00456. The molecular weight excluding hydrogens is 304 g/mol. The first kappa shape index (κ1) is 17.4. The Morgan fingerprint density at radius 2 is 2.17 bits per heavy atom. The molecule has 6 heteroatoms. The normalized spacial score (nSPS) is 22.8. The number of aromatic nitrogens is 2. The number of hydrogen-bond acceptors (Lipinski definition) is 4. The average molecular weight is 334 g/mol. The van der Waals surface area contributed by atoms with Crippen LogP contribution in [0.15, 0.2) is 6.07 Å². The lowest BCUT2D eigenvalue weighted by Crippen LogP contribution is -2.46. The van der Waals surface area contributed by atoms with Crippen molar-refractivity contribution in [2.24, 2.45) is 7.05 Å². The van der Waals surface area contributed by atoms with Crippen LogP contribution in [0.4, 0.5) is 0 Å². The van der Waals surface area contributed by atoms with Crippen molar-refractivity contribution >= 4 is 5.91 Å². The lowest BCUT2D eigenvalue weighted by Gasteiger charge is -2.33. The van der Waals surface area contributed by atoms with Crippen molar-refractivity contribution in [2.75, 3.05) is 26.2 Å². The van der Waals surface area contributed by atoms with Crippen LogP contribution in [-0.4, -0.2) is 59.0 Å². The van der Waals surface area contributed by atoms with Crippen molar-refractivity contribution in [2.45, 2.75) is 57.6 Å². The Morgan fingerprint density at radius 3 is 2.83 bits per heavy atom. The number of carbonyl (C=O) groups excluding carboxylic acids is 1. The molecule has 1 aromatic heterocycles. The molecule has 2 aliphatic rings. The van der Waals surface area contributed by atoms with E-state index in [4.69, 9.17) is 4.74 Å². The maximum Gasteiger partial charge on any atom is 0.269 e. The minimum absolute atomic E-state index is 0.00456. The molecule has 1 aromatic rings. The number of nitrogens with zero attached hydrogens (tertiary/aromatic N) is 3. The van der Waals surface area contributed by atoms with Gasteiger partial charge in [-0.25, -0.2) is 0 Å². The third kappa shape index (κ3) is 4.36. The molecule has 134 valence electrons. The van der Waals surface area contributed by atoms with Crippen LogP contribution in [-0.2, 0) is 18.2 Å². The second-order valence-corrected chi connectivity index (χ2v) is 7.08. The maximum atomic E-state index is 12.5. The standard InChI is InChI=1S/C18H30N4O2/c1-3-5-15-12-17(21(2)20-15)18(23)19-14-7-9-22(10-8-14)13-16-6-4-11-24-16/h12,14,16H,3-11,13H2,1-2H3,(H,19,23)/t16-/m1/s1. The van der Waals surface area contributed by atoms with Crippen LogP contribution in [0.5, 0.6) is 0 Å². The predicted octanol–water partition coefficient (Wildman–Crippen LogP) is 1.75. The summed E-state index contributed by atoms with van der Waals surface area (Å²) in [4.78, 5) is 15.0. The molecule has 0 bridgehead atoms. The number of amides is 1. The van der Waals surface area contributed by atoms with Crippen molar-refractivity contribution in [3.63, 3.8) is 0 Å². The number of carbonyl (C=O) groups is 1. The van der Waals surface area contributed by atoms with Gasteiger partial charge in [-0.1, -0.05) is 13.3 Å². The summed E-state index contributed by atoms with van der Waals surface area (Å²) in [6.45, 7) is 6.16. The van der Waals surface area contributed by atoms with Crippen molar-refractivity contribution in [3.05, 3.63) is 17.5 Å². The summed E-state index contributed by atoms with van der Waals surface area (Å²) in [5.74, 6) is 0.00456. The fourth-order valence-corrected chi connectivity index (χ4v) is 3.71. The molecule has 0 spiro atoms. The van der Waals surface area contributed by atoms with Gasteiger partial charge in [-0.3, -0.25) is 9.48 Å². The molecule has 0 radical (unpaired) electrons. The molecule has 0 aliphatic carbocycles. The van der Waals surface area contributed by atoms with Crippen LogP contribution >= 0.6 is 0 Å². The van der Waals surface area contributed by atoms with E-state index in [1.54, 1.807) is 4.68 Å². The Labute approximate surface area is 144 Å². The van der Waals surface area contributed by atoms with E-state index < -0.39 is 0 Å². The van der Waals surface area contributed by atoms with Crippen molar-refractivity contribution in [1.82, 2.24) is 20.0 Å². The van der Waals surface area contributed by atoms with Crippen LogP contribution in [0.25, 0.3) is 0 Å². The summed E-state index contributed by atoms with van der Waals surface area (Å²) in [5.41, 5.74) is 1.66. The fourth-order valence-electron chi connectivity index (χ4n) is 3.71. The van der Waals surface area contributed by atoms with Gasteiger partial charge in [0, 0.05) is 39.3 Å². The van der Waals surface area contributed by atoms with E-state index in [-0.39, 0.29) is 11.9 Å². The number of nitrogens with one attached hydrogen (secondary N) is 1. The molecule has 2 aliphatic heterocycles. The van der Waals surface area contributed by atoms with Crippen LogP contribution in [0.2, 0.25) is 0 Å². The minimum Gasteiger partial charge on any atom is -0.377 e. The maximum absolute atomic E-state index is 12.5. The number of piperidine rings is 1. The van der Waals surface area contributed by atoms with Crippen LogP contribution in [0.3, 0.4) is 0 Å². The predicted molar refractivity (Wildman–Crippen MR) is 93.1 cm³/mol. The highest BCUT2D eigenvalue weighted by molar-refractivity contribution is 5.92. The number of hydrogen-bond donors (Lipinski definition) is 1. The first-order chi connectivity index (χ1) is 11.7. The van der Waals surface area contributed by atoms with Gasteiger partial charge in [-0.05, 0) is 38.2 Å². The quantitative estimate of drug-likeness (QED) is 0.861. The lowest BCUT2D eigenvalue weighted by atomic mass is 10.0. The second-order valence-electron chi connectivity index (χ2n) is 7.08. The highest BCUT2D eigenvalue weighted by Gasteiger charge is 2.25. The molecule has 1 atom stereocenters. The van der Waals surface area contributed by atoms with Crippen molar-refractivity contribution in [1.29, 1.82) is 0 Å². The van der Waals surface area contributed by atoms with E-state index in [0.717, 1.165) is 57.6 Å². The third-order valence-corrected chi connectivity index (χ3v) is 5.08. The van der Waals surface area contributed by atoms with E-state index in [1.165, 1.54) is 12.8 Å². The van der Waals surface area contributed by atoms with Crippen molar-refractivity contribution in [3.8, 4) is 0 Å². The smallest absolute Gasteiger partial charge is 0.269 e. The summed E-state index contributed by atoms with van der Waals surface area (Å²) >= 11 is 0. The molecule has 1 N–H and O–H groups in total. The topological polar surface area (TPSA) is 59.4 Å². The van der Waals surface area contributed by atoms with E-state index in [2.05, 4.69) is 22.2 Å². The SMILES string of the molecule is CCCc1cc(C(=O)NC2CCN(C[C@H]3CCCO3)CC2)n(C)n1. The third-order valence-electron chi connectivity index (χ3n) is 5.08. The van der Waals surface area contributed by atoms with Crippen LogP contribution in [0, 0.1) is 0 Å². The van der Waals surface area contributed by atoms with Gasteiger partial charge in [0.1, 0.15) is 5.69 Å². The molecule has 6 nitrogen and oxygen atoms in total. The summed E-state index contributed by atoms with van der Waals surface area (Å²) in [7, 11) is 1.85.